The monoisotopic (exact) mass is 1380 g/mol. The summed E-state index contributed by atoms with van der Waals surface area (Å²) in [5.41, 5.74) is 4.76. The van der Waals surface area contributed by atoms with Gasteiger partial charge in [-0.25, -0.2) is 9.03 Å². The first-order chi connectivity index (χ1) is 44.1. The number of hydrogen-bond donors (Lipinski definition) is 0. The van der Waals surface area contributed by atoms with E-state index in [0.717, 1.165) is 47.2 Å². The summed E-state index contributed by atoms with van der Waals surface area (Å²) in [7, 11) is 1.83. The Morgan fingerprint density at radius 1 is 0.609 bits per heavy atom. The van der Waals surface area contributed by atoms with Gasteiger partial charge in [0.1, 0.15) is 17.6 Å². The molecule has 92 heavy (non-hydrogen) atoms. The zero-order chi connectivity index (χ0) is 64.2. The van der Waals surface area contributed by atoms with Gasteiger partial charge in [0, 0.05) is 79.9 Å². The molecule has 1 saturated carbocycles. The fraction of sp³-hybridized carbons (Fsp3) is 0.277. The molecule has 3 aliphatic rings. The molecule has 27 heteroatoms. The van der Waals surface area contributed by atoms with Gasteiger partial charge in [-0.15, -0.1) is 15.3 Å². The van der Waals surface area contributed by atoms with Crippen LogP contribution in [0, 0.1) is 11.8 Å². The maximum Gasteiger partial charge on any atom is 0.417 e. The van der Waals surface area contributed by atoms with Crippen molar-refractivity contribution < 1.29 is 35.9 Å². The summed E-state index contributed by atoms with van der Waals surface area (Å²) in [4.78, 5) is 61.6. The first-order valence-electron chi connectivity index (χ1n) is 29.6. The van der Waals surface area contributed by atoms with Crippen LogP contribution in [0.3, 0.4) is 0 Å². The van der Waals surface area contributed by atoms with Crippen molar-refractivity contribution in [2.75, 3.05) is 0 Å². The fourth-order valence-corrected chi connectivity index (χ4v) is 14.2. The lowest BCUT2D eigenvalue weighted by molar-refractivity contribution is -0.139. The van der Waals surface area contributed by atoms with Crippen molar-refractivity contribution >= 4 is 55.0 Å². The summed E-state index contributed by atoms with van der Waals surface area (Å²) in [6.07, 6.45) is -1.08. The van der Waals surface area contributed by atoms with E-state index in [4.69, 9.17) is 10.2 Å². The molecule has 19 nitrogen and oxygen atoms in total. The zero-order valence-electron chi connectivity index (χ0n) is 49.2. The molecule has 0 spiro atoms. The molecule has 4 atom stereocenters. The normalized spacial score (nSPS) is 17.5. The SMILES string of the molecule is C[C@@H]1Cc2c(n3ncc(Cc4ccccc4)c3n(-c3ccc(-n4nnnc4CC4CCC4Cc4cnn5c6c(c(=O)n(-c7ccc(-c8nncn8C)cc7)c45)C[C@@H](C)N(C(=O)c4ccc(Br)c(C(F)(F)F)c4)C6)cc3)c2=O)CN1C(=O)c1ccc(Br)c(C(F)(F)F)c1. The minimum Gasteiger partial charge on any atom is -0.330 e. The zero-order valence-corrected chi connectivity index (χ0v) is 52.4. The molecule has 1 aliphatic carbocycles. The van der Waals surface area contributed by atoms with Gasteiger partial charge in [-0.05, 0) is 159 Å². The van der Waals surface area contributed by atoms with E-state index in [1.165, 1.54) is 34.1 Å². The quantitative estimate of drug-likeness (QED) is 0.106. The van der Waals surface area contributed by atoms with Gasteiger partial charge < -0.3 is 14.4 Å². The number of aromatic nitrogens is 13. The third kappa shape index (κ3) is 10.6. The van der Waals surface area contributed by atoms with Crippen LogP contribution in [0.2, 0.25) is 0 Å². The maximum absolute atomic E-state index is 15.2. The summed E-state index contributed by atoms with van der Waals surface area (Å²) in [5, 5.41) is 31.0. The lowest BCUT2D eigenvalue weighted by atomic mass is 9.69. The smallest absolute Gasteiger partial charge is 0.330 e. The standard InChI is InChI=1S/C65H53Br2F6N15O4/c1-35-23-48-54(32-82(35)60(89)41-13-21-52(66)50(27-41)64(68,69)70)87-58(43(30-75-87)25-37-7-5-4-6-8-37)85(63(48)92)46-17-19-47(20-18-46)86-56(77-79-80-86)29-40-10-9-39(40)26-44-31-76-88-55-33-83(61(90)42-14-22-53(67)51(28-42)65(71,72)73)36(2)24-49(55)62(91)84(59(44)88)45-15-11-38(12-16-45)57-78-74-34-81(57)3/h4-8,11-22,27-28,30-31,34-36,39-40H,9-10,23-26,29,32-33H2,1-3H3/t35-,36-,39?,40?/m1/s1. The predicted octanol–water partition coefficient (Wildman–Crippen LogP) is 11.2. The number of hydrogen-bond acceptors (Lipinski definition) is 11. The third-order valence-corrected chi connectivity index (χ3v) is 19.6. The van der Waals surface area contributed by atoms with Crippen molar-refractivity contribution in [1.82, 2.24) is 73.1 Å². The first kappa shape index (κ1) is 60.2. The van der Waals surface area contributed by atoms with Gasteiger partial charge in [0.05, 0.1) is 65.1 Å². The number of carbonyl (C=O) groups excluding carboxylic acids is 2. The van der Waals surface area contributed by atoms with Gasteiger partial charge >= 0.3 is 12.4 Å². The summed E-state index contributed by atoms with van der Waals surface area (Å²) in [6.45, 7) is 3.35. The number of alkyl halides is 6. The second-order valence-electron chi connectivity index (χ2n) is 23.8. The van der Waals surface area contributed by atoms with E-state index >= 15 is 9.59 Å². The molecule has 2 amide bonds. The molecule has 8 heterocycles. The Kier molecular flexibility index (Phi) is 15.1. The molecule has 14 rings (SSSR count). The van der Waals surface area contributed by atoms with E-state index in [0.29, 0.717) is 81.8 Å². The van der Waals surface area contributed by atoms with Crippen LogP contribution in [0.15, 0.2) is 153 Å². The Morgan fingerprint density at radius 3 is 1.62 bits per heavy atom. The lowest BCUT2D eigenvalue weighted by Gasteiger charge is -2.37. The highest BCUT2D eigenvalue weighted by molar-refractivity contribution is 9.10. The van der Waals surface area contributed by atoms with Crippen LogP contribution < -0.4 is 11.1 Å². The van der Waals surface area contributed by atoms with Crippen LogP contribution in [0.25, 0.3) is 39.7 Å². The average Bonchev–Trinajstić information content (AvgIpc) is 1.42. The highest BCUT2D eigenvalue weighted by Gasteiger charge is 2.40. The van der Waals surface area contributed by atoms with Crippen LogP contribution in [-0.4, -0.2) is 97.0 Å². The van der Waals surface area contributed by atoms with Crippen LogP contribution >= 0.6 is 31.9 Å². The number of tetrazole rings is 1. The maximum atomic E-state index is 15.2. The topological polar surface area (TPSA) is 194 Å². The minimum absolute atomic E-state index is 0.0849. The van der Waals surface area contributed by atoms with E-state index in [1.54, 1.807) is 72.1 Å². The molecular formula is C65H53Br2F6N15O4. The van der Waals surface area contributed by atoms with Crippen LogP contribution in [0.5, 0.6) is 0 Å². The molecule has 0 bridgehead atoms. The van der Waals surface area contributed by atoms with E-state index in [1.807, 2.05) is 73.8 Å². The van der Waals surface area contributed by atoms with Crippen molar-refractivity contribution in [2.45, 2.75) is 96.3 Å². The molecule has 0 N–H and O–H groups in total. The third-order valence-electron chi connectivity index (χ3n) is 18.2. The Labute approximate surface area is 535 Å². The van der Waals surface area contributed by atoms with Crippen molar-refractivity contribution in [1.29, 1.82) is 0 Å². The van der Waals surface area contributed by atoms with Crippen LogP contribution in [-0.2, 0) is 64.6 Å². The second kappa shape index (κ2) is 23.1. The number of rotatable bonds is 12. The van der Waals surface area contributed by atoms with Gasteiger partial charge in [0.25, 0.3) is 22.9 Å². The molecular weight excluding hydrogens is 1330 g/mol. The molecule has 0 saturated heterocycles. The van der Waals surface area contributed by atoms with E-state index in [9.17, 15) is 35.9 Å². The van der Waals surface area contributed by atoms with Gasteiger partial charge in [-0.1, -0.05) is 62.2 Å². The highest BCUT2D eigenvalue weighted by atomic mass is 79.9. The van der Waals surface area contributed by atoms with E-state index in [-0.39, 0.29) is 69.0 Å². The molecule has 1 fully saturated rings. The van der Waals surface area contributed by atoms with Crippen LogP contribution in [0.4, 0.5) is 26.3 Å². The van der Waals surface area contributed by atoms with Gasteiger partial charge in [-0.2, -0.15) is 41.2 Å². The van der Waals surface area contributed by atoms with Gasteiger partial charge in [0.15, 0.2) is 11.6 Å². The summed E-state index contributed by atoms with van der Waals surface area (Å²) < 4.78 is 93.9. The Balaban J connectivity index is 0.763. The minimum atomic E-state index is -4.71. The molecule has 6 aromatic heterocycles. The van der Waals surface area contributed by atoms with Crippen molar-refractivity contribution in [3.8, 4) is 28.5 Å². The van der Waals surface area contributed by atoms with Crippen molar-refractivity contribution in [3.05, 3.63) is 231 Å². The molecule has 2 unspecified atom stereocenters. The molecule has 468 valence electrons. The number of amides is 2. The number of carbonyl (C=O) groups is 2. The van der Waals surface area contributed by atoms with E-state index in [2.05, 4.69) is 57.6 Å². The number of benzene rings is 5. The van der Waals surface area contributed by atoms with Crippen LogP contribution in [0.1, 0.15) is 104 Å². The summed E-state index contributed by atoms with van der Waals surface area (Å²) in [5.74, 6) is 0.158. The average molecular weight is 1380 g/mol. The number of halogens is 8. The Bertz CT molecular complexity index is 4880. The second-order valence-corrected chi connectivity index (χ2v) is 25.5. The molecule has 11 aromatic rings. The predicted molar refractivity (Wildman–Crippen MR) is 332 cm³/mol. The first-order valence-corrected chi connectivity index (χ1v) is 31.2. The summed E-state index contributed by atoms with van der Waals surface area (Å²) >= 11 is 5.96. The molecule has 0 radical (unpaired) electrons. The Morgan fingerprint density at radius 2 is 1.11 bits per heavy atom. The lowest BCUT2D eigenvalue weighted by Crippen LogP contribution is -2.46. The number of nitrogens with zero attached hydrogens (tertiary/aromatic N) is 15. The van der Waals surface area contributed by atoms with Gasteiger partial charge in [0.2, 0.25) is 0 Å². The van der Waals surface area contributed by atoms with Gasteiger partial charge in [-0.3, -0.25) is 28.3 Å². The highest BCUT2D eigenvalue weighted by Crippen LogP contribution is 2.42. The molecule has 2 aliphatic heterocycles. The number of aryl methyl sites for hydroxylation is 1. The fourth-order valence-electron chi connectivity index (χ4n) is 13.2. The van der Waals surface area contributed by atoms with Crippen molar-refractivity contribution in [3.63, 3.8) is 0 Å². The van der Waals surface area contributed by atoms with Crippen molar-refractivity contribution in [2.24, 2.45) is 18.9 Å². The molecule has 5 aromatic carbocycles. The number of fused-ring (bicyclic) bond motifs is 6. The Hall–Kier alpha value is -9.37. The summed E-state index contributed by atoms with van der Waals surface area (Å²) in [6, 6.07) is 30.0. The largest absolute Gasteiger partial charge is 0.417 e. The van der Waals surface area contributed by atoms with E-state index < -0.39 is 47.4 Å².